The first kappa shape index (κ1) is 15.6. The van der Waals surface area contributed by atoms with Gasteiger partial charge in [0.15, 0.2) is 5.82 Å². The van der Waals surface area contributed by atoms with Crippen LogP contribution in [0.1, 0.15) is 11.5 Å². The minimum absolute atomic E-state index is 0.210. The summed E-state index contributed by atoms with van der Waals surface area (Å²) in [5.41, 5.74) is 15.0. The van der Waals surface area contributed by atoms with Gasteiger partial charge in [0.25, 0.3) is 0 Å². The van der Waals surface area contributed by atoms with Crippen LogP contribution in [0.15, 0.2) is 42.8 Å². The van der Waals surface area contributed by atoms with Crippen LogP contribution in [0.3, 0.4) is 0 Å². The lowest BCUT2D eigenvalue weighted by molar-refractivity contribution is 0.269. The van der Waals surface area contributed by atoms with Crippen LogP contribution in [0, 0.1) is 0 Å². The summed E-state index contributed by atoms with van der Waals surface area (Å²) in [4.78, 5) is 12.7. The lowest BCUT2D eigenvalue weighted by Gasteiger charge is -2.37. The number of nitrogens with two attached hydrogens (primary N) is 2. The van der Waals surface area contributed by atoms with E-state index in [1.807, 2.05) is 0 Å². The average Bonchev–Trinajstić information content (AvgIpc) is 3.17. The van der Waals surface area contributed by atoms with Crippen molar-refractivity contribution < 1.29 is 4.74 Å². The number of anilines is 4. The molecule has 0 radical (unpaired) electrons. The fourth-order valence-electron chi connectivity index (χ4n) is 3.38. The van der Waals surface area contributed by atoms with Crippen molar-refractivity contribution in [3.8, 4) is 0 Å². The molecule has 2 aliphatic rings. The molecule has 0 spiro atoms. The first-order chi connectivity index (χ1) is 12.2. The van der Waals surface area contributed by atoms with E-state index >= 15 is 0 Å². The molecular weight excluding hydrogens is 316 g/mol. The molecule has 2 aromatic rings. The molecule has 1 aromatic carbocycles. The average molecular weight is 338 g/mol. The van der Waals surface area contributed by atoms with Gasteiger partial charge < -0.3 is 26.0 Å². The van der Waals surface area contributed by atoms with Gasteiger partial charge in [-0.2, -0.15) is 4.98 Å². The standard InChI is InChI=1S/C18H22N6O/c19-17-16(11-21-18(20)22-17)24-7-5-23(6-8-24)15-3-1-2-13(10-15)14-4-9-25-12-14/h1-4,9-11,14H,5-8,12H2,(H4,19,20,21,22). The summed E-state index contributed by atoms with van der Waals surface area (Å²) in [5.74, 6) is 1.01. The second kappa shape index (κ2) is 6.51. The minimum Gasteiger partial charge on any atom is -0.501 e. The Morgan fingerprint density at radius 1 is 1.08 bits per heavy atom. The summed E-state index contributed by atoms with van der Waals surface area (Å²) in [6.07, 6.45) is 5.61. The molecule has 1 aromatic heterocycles. The van der Waals surface area contributed by atoms with E-state index in [2.05, 4.69) is 50.1 Å². The molecule has 7 nitrogen and oxygen atoms in total. The molecule has 3 heterocycles. The molecule has 2 aliphatic heterocycles. The lowest BCUT2D eigenvalue weighted by Crippen LogP contribution is -2.46. The predicted molar refractivity (Wildman–Crippen MR) is 99.6 cm³/mol. The number of hydrogen-bond donors (Lipinski definition) is 2. The first-order valence-corrected chi connectivity index (χ1v) is 8.47. The summed E-state index contributed by atoms with van der Waals surface area (Å²) < 4.78 is 5.35. The van der Waals surface area contributed by atoms with Gasteiger partial charge >= 0.3 is 0 Å². The van der Waals surface area contributed by atoms with Gasteiger partial charge in [-0.3, -0.25) is 0 Å². The smallest absolute Gasteiger partial charge is 0.222 e. The van der Waals surface area contributed by atoms with E-state index in [4.69, 9.17) is 16.2 Å². The van der Waals surface area contributed by atoms with E-state index in [1.165, 1.54) is 11.3 Å². The fraction of sp³-hybridized carbons (Fsp3) is 0.333. The number of nitrogen functional groups attached to an aromatic ring is 2. The molecule has 7 heteroatoms. The van der Waals surface area contributed by atoms with E-state index < -0.39 is 0 Å². The number of nitrogens with zero attached hydrogens (tertiary/aromatic N) is 4. The van der Waals surface area contributed by atoms with Gasteiger partial charge in [0.05, 0.1) is 24.8 Å². The molecule has 4 N–H and O–H groups in total. The number of aromatic nitrogens is 2. The van der Waals surface area contributed by atoms with Gasteiger partial charge in [0, 0.05) is 37.8 Å². The highest BCUT2D eigenvalue weighted by atomic mass is 16.5. The molecule has 1 fully saturated rings. The van der Waals surface area contributed by atoms with Crippen molar-refractivity contribution in [3.05, 3.63) is 48.4 Å². The monoisotopic (exact) mass is 338 g/mol. The summed E-state index contributed by atoms with van der Waals surface area (Å²) in [6.45, 7) is 4.31. The second-order valence-corrected chi connectivity index (χ2v) is 6.34. The highest BCUT2D eigenvalue weighted by Gasteiger charge is 2.21. The topological polar surface area (TPSA) is 93.5 Å². The number of benzene rings is 1. The lowest BCUT2D eigenvalue weighted by atomic mass is 10.00. The summed E-state index contributed by atoms with van der Waals surface area (Å²) in [5, 5.41) is 0. The summed E-state index contributed by atoms with van der Waals surface area (Å²) >= 11 is 0. The van der Waals surface area contributed by atoms with Crippen molar-refractivity contribution >= 4 is 23.1 Å². The van der Waals surface area contributed by atoms with Crippen LogP contribution in [0.4, 0.5) is 23.1 Å². The highest BCUT2D eigenvalue weighted by Crippen LogP contribution is 2.28. The Hall–Kier alpha value is -2.96. The third-order valence-corrected chi connectivity index (χ3v) is 4.78. The Morgan fingerprint density at radius 3 is 2.60 bits per heavy atom. The maximum absolute atomic E-state index is 5.98. The van der Waals surface area contributed by atoms with Crippen molar-refractivity contribution in [1.82, 2.24) is 9.97 Å². The molecule has 25 heavy (non-hydrogen) atoms. The van der Waals surface area contributed by atoms with Gasteiger partial charge in [0.1, 0.15) is 0 Å². The molecule has 0 saturated carbocycles. The number of rotatable bonds is 3. The number of ether oxygens (including phenoxy) is 1. The first-order valence-electron chi connectivity index (χ1n) is 8.47. The Bertz CT molecular complexity index is 785. The van der Waals surface area contributed by atoms with Gasteiger partial charge in [-0.25, -0.2) is 4.98 Å². The normalized spacial score (nSPS) is 19.9. The molecular formula is C18H22N6O. The molecule has 0 bridgehead atoms. The Balaban J connectivity index is 1.45. The zero-order valence-corrected chi connectivity index (χ0v) is 14.0. The van der Waals surface area contributed by atoms with Crippen molar-refractivity contribution in [2.45, 2.75) is 5.92 Å². The van der Waals surface area contributed by atoms with E-state index in [1.54, 1.807) is 12.5 Å². The van der Waals surface area contributed by atoms with Crippen molar-refractivity contribution in [2.24, 2.45) is 0 Å². The number of hydrogen-bond acceptors (Lipinski definition) is 7. The van der Waals surface area contributed by atoms with Gasteiger partial charge in [-0.15, -0.1) is 0 Å². The molecule has 1 saturated heterocycles. The van der Waals surface area contributed by atoms with E-state index in [-0.39, 0.29) is 5.95 Å². The van der Waals surface area contributed by atoms with Gasteiger partial charge in [-0.1, -0.05) is 12.1 Å². The van der Waals surface area contributed by atoms with Crippen LogP contribution in [0.25, 0.3) is 0 Å². The summed E-state index contributed by atoms with van der Waals surface area (Å²) in [7, 11) is 0. The van der Waals surface area contributed by atoms with E-state index in [0.29, 0.717) is 11.7 Å². The van der Waals surface area contributed by atoms with Crippen LogP contribution in [0.2, 0.25) is 0 Å². The van der Waals surface area contributed by atoms with Gasteiger partial charge in [-0.05, 0) is 23.8 Å². The Kier molecular flexibility index (Phi) is 4.05. The second-order valence-electron chi connectivity index (χ2n) is 6.34. The van der Waals surface area contributed by atoms with Crippen LogP contribution in [-0.4, -0.2) is 42.8 Å². The van der Waals surface area contributed by atoms with Crippen LogP contribution in [-0.2, 0) is 4.74 Å². The SMILES string of the molecule is Nc1ncc(N2CCN(c3cccc(C4C=COC4)c3)CC2)c(N)n1. The van der Waals surface area contributed by atoms with E-state index in [9.17, 15) is 0 Å². The van der Waals surface area contributed by atoms with E-state index in [0.717, 1.165) is 38.5 Å². The zero-order valence-electron chi connectivity index (χ0n) is 14.0. The van der Waals surface area contributed by atoms with Crippen molar-refractivity contribution in [1.29, 1.82) is 0 Å². The van der Waals surface area contributed by atoms with Crippen LogP contribution >= 0.6 is 0 Å². The number of piperazine rings is 1. The molecule has 0 amide bonds. The molecule has 130 valence electrons. The zero-order chi connectivity index (χ0) is 17.2. The highest BCUT2D eigenvalue weighted by molar-refractivity contribution is 5.64. The molecule has 0 aliphatic carbocycles. The largest absolute Gasteiger partial charge is 0.501 e. The van der Waals surface area contributed by atoms with Crippen LogP contribution < -0.4 is 21.3 Å². The maximum Gasteiger partial charge on any atom is 0.222 e. The molecule has 1 atom stereocenters. The van der Waals surface area contributed by atoms with Crippen LogP contribution in [0.5, 0.6) is 0 Å². The Labute approximate surface area is 146 Å². The third-order valence-electron chi connectivity index (χ3n) is 4.78. The maximum atomic E-state index is 5.98. The fourth-order valence-corrected chi connectivity index (χ4v) is 3.38. The van der Waals surface area contributed by atoms with Crippen molar-refractivity contribution in [3.63, 3.8) is 0 Å². The van der Waals surface area contributed by atoms with Crippen molar-refractivity contribution in [2.75, 3.05) is 54.1 Å². The Morgan fingerprint density at radius 2 is 1.88 bits per heavy atom. The molecule has 1 unspecified atom stereocenters. The third kappa shape index (κ3) is 3.17. The quantitative estimate of drug-likeness (QED) is 0.878. The predicted octanol–water partition coefficient (Wildman–Crippen LogP) is 1.60. The molecule has 4 rings (SSSR count). The minimum atomic E-state index is 0.210. The van der Waals surface area contributed by atoms with Gasteiger partial charge in [0.2, 0.25) is 5.95 Å². The summed E-state index contributed by atoms with van der Waals surface area (Å²) in [6, 6.07) is 8.71.